The number of hydrogen-bond donors (Lipinski definition) is 1. The number of hydrogen-bond acceptors (Lipinski definition) is 4. The van der Waals surface area contributed by atoms with Crippen molar-refractivity contribution >= 4 is 5.91 Å². The summed E-state index contributed by atoms with van der Waals surface area (Å²) in [5, 5.41) is 8.29. The number of likely N-dealkylation sites (N-methyl/N-ethyl adjacent to an activating group) is 1. The first kappa shape index (κ1) is 20.8. The summed E-state index contributed by atoms with van der Waals surface area (Å²) >= 11 is 0. The Morgan fingerprint density at radius 3 is 2.70 bits per heavy atom. The Morgan fingerprint density at radius 2 is 2.00 bits per heavy atom. The van der Waals surface area contributed by atoms with Crippen LogP contribution >= 0.6 is 0 Å². The molecule has 0 saturated carbocycles. The molecule has 1 atom stereocenters. The van der Waals surface area contributed by atoms with Gasteiger partial charge in [-0.2, -0.15) is 5.10 Å². The van der Waals surface area contributed by atoms with Crippen LogP contribution in [0.5, 0.6) is 0 Å². The second kappa shape index (κ2) is 9.10. The summed E-state index contributed by atoms with van der Waals surface area (Å²) in [5.41, 5.74) is 3.89. The maximum Gasteiger partial charge on any atom is 0.274 e. The number of carbonyl (C=O) groups excluding carboxylic acids is 1. The maximum atomic E-state index is 13.3. The summed E-state index contributed by atoms with van der Waals surface area (Å²) < 4.78 is 15.1. The van der Waals surface area contributed by atoms with Crippen molar-refractivity contribution in [3.8, 4) is 0 Å². The zero-order valence-electron chi connectivity index (χ0n) is 17.6. The van der Waals surface area contributed by atoms with Crippen LogP contribution in [0.1, 0.15) is 33.7 Å². The van der Waals surface area contributed by atoms with Crippen molar-refractivity contribution < 1.29 is 9.18 Å². The van der Waals surface area contributed by atoms with Gasteiger partial charge in [-0.15, -0.1) is 6.58 Å². The highest BCUT2D eigenvalue weighted by Crippen LogP contribution is 2.26. The van der Waals surface area contributed by atoms with E-state index in [0.717, 1.165) is 62.3 Å². The second-order valence-electron chi connectivity index (χ2n) is 8.29. The van der Waals surface area contributed by atoms with Crippen molar-refractivity contribution in [3.63, 3.8) is 0 Å². The molecule has 1 N–H and O–H groups in total. The number of nitrogens with one attached hydrogen (secondary N) is 1. The molecule has 0 bridgehead atoms. The van der Waals surface area contributed by atoms with Gasteiger partial charge in [-0.05, 0) is 44.0 Å². The lowest BCUT2D eigenvalue weighted by atomic mass is 9.90. The van der Waals surface area contributed by atoms with Gasteiger partial charge in [0.1, 0.15) is 5.82 Å². The number of carbonyl (C=O) groups is 1. The van der Waals surface area contributed by atoms with Crippen molar-refractivity contribution in [1.82, 2.24) is 24.9 Å². The molecule has 1 aliphatic heterocycles. The van der Waals surface area contributed by atoms with Gasteiger partial charge in [-0.25, -0.2) is 4.39 Å². The highest BCUT2D eigenvalue weighted by molar-refractivity contribution is 5.94. The molecule has 6 nitrogen and oxygen atoms in total. The van der Waals surface area contributed by atoms with E-state index in [0.29, 0.717) is 18.8 Å². The largest absolute Gasteiger partial charge is 0.335 e. The van der Waals surface area contributed by atoms with Crippen molar-refractivity contribution in [2.75, 3.05) is 33.2 Å². The molecule has 7 heteroatoms. The van der Waals surface area contributed by atoms with Crippen LogP contribution in [0.3, 0.4) is 0 Å². The number of nitrogens with zero attached hydrogens (tertiary/aromatic N) is 4. The molecule has 1 aliphatic carbocycles. The Hall–Kier alpha value is -2.51. The Bertz CT molecular complexity index is 899. The third kappa shape index (κ3) is 4.47. The van der Waals surface area contributed by atoms with E-state index in [-0.39, 0.29) is 17.8 Å². The number of fused-ring (bicyclic) bond motifs is 1. The van der Waals surface area contributed by atoms with Gasteiger partial charge in [-0.3, -0.25) is 9.48 Å². The summed E-state index contributed by atoms with van der Waals surface area (Å²) in [6.07, 6.45) is 4.48. The van der Waals surface area contributed by atoms with Crippen LogP contribution in [0, 0.1) is 5.82 Å². The van der Waals surface area contributed by atoms with Gasteiger partial charge in [0, 0.05) is 50.0 Å². The Kier molecular flexibility index (Phi) is 6.29. The van der Waals surface area contributed by atoms with E-state index in [2.05, 4.69) is 23.8 Å². The third-order valence-electron chi connectivity index (χ3n) is 6.15. The van der Waals surface area contributed by atoms with Gasteiger partial charge in [0.05, 0.1) is 6.54 Å². The van der Waals surface area contributed by atoms with E-state index in [1.165, 1.54) is 12.1 Å². The summed E-state index contributed by atoms with van der Waals surface area (Å²) in [6, 6.07) is 6.86. The molecule has 4 rings (SSSR count). The van der Waals surface area contributed by atoms with Crippen LogP contribution in [-0.4, -0.2) is 64.8 Å². The molecule has 1 aromatic carbocycles. The van der Waals surface area contributed by atoms with Crippen LogP contribution in [-0.2, 0) is 25.9 Å². The van der Waals surface area contributed by atoms with Crippen molar-refractivity contribution in [1.29, 1.82) is 0 Å². The van der Waals surface area contributed by atoms with Crippen molar-refractivity contribution in [2.24, 2.45) is 0 Å². The van der Waals surface area contributed by atoms with Crippen LogP contribution in [0.4, 0.5) is 4.39 Å². The van der Waals surface area contributed by atoms with Gasteiger partial charge < -0.3 is 15.1 Å². The number of benzene rings is 1. The van der Waals surface area contributed by atoms with E-state index < -0.39 is 0 Å². The molecule has 1 fully saturated rings. The quantitative estimate of drug-likeness (QED) is 0.741. The number of allylic oxidation sites excluding steroid dienone is 1. The predicted octanol–water partition coefficient (Wildman–Crippen LogP) is 2.24. The van der Waals surface area contributed by atoms with Gasteiger partial charge in [0.25, 0.3) is 5.91 Å². The molecule has 1 amide bonds. The van der Waals surface area contributed by atoms with Crippen LogP contribution in [0.2, 0.25) is 0 Å². The molecule has 0 radical (unpaired) electrons. The first-order valence-corrected chi connectivity index (χ1v) is 10.7. The van der Waals surface area contributed by atoms with Crippen molar-refractivity contribution in [2.45, 2.75) is 38.4 Å². The predicted molar refractivity (Wildman–Crippen MR) is 115 cm³/mol. The molecule has 1 unspecified atom stereocenters. The highest BCUT2D eigenvalue weighted by atomic mass is 19.1. The van der Waals surface area contributed by atoms with Crippen LogP contribution in [0.15, 0.2) is 36.9 Å². The third-order valence-corrected chi connectivity index (χ3v) is 6.15. The molecule has 2 aliphatic rings. The fourth-order valence-electron chi connectivity index (χ4n) is 4.33. The lowest BCUT2D eigenvalue weighted by Gasteiger charge is -2.32. The van der Waals surface area contributed by atoms with Crippen LogP contribution < -0.4 is 5.32 Å². The maximum absolute atomic E-state index is 13.3. The highest BCUT2D eigenvalue weighted by Gasteiger charge is 2.31. The minimum atomic E-state index is -0.220. The van der Waals surface area contributed by atoms with Crippen molar-refractivity contribution in [3.05, 3.63) is 65.3 Å². The van der Waals surface area contributed by atoms with E-state index in [4.69, 9.17) is 5.10 Å². The van der Waals surface area contributed by atoms with E-state index in [1.54, 1.807) is 12.1 Å². The summed E-state index contributed by atoms with van der Waals surface area (Å²) in [7, 11) is 2.08. The number of amides is 1. The second-order valence-corrected chi connectivity index (χ2v) is 8.29. The lowest BCUT2D eigenvalue weighted by molar-refractivity contribution is 0.0656. The Balaban J connectivity index is 1.50. The first-order valence-electron chi connectivity index (χ1n) is 10.7. The zero-order chi connectivity index (χ0) is 21.1. The lowest BCUT2D eigenvalue weighted by Crippen LogP contribution is -2.47. The van der Waals surface area contributed by atoms with Gasteiger partial charge in [0.15, 0.2) is 5.69 Å². The summed E-state index contributed by atoms with van der Waals surface area (Å²) in [4.78, 5) is 17.4. The molecule has 160 valence electrons. The Labute approximate surface area is 177 Å². The molecule has 1 saturated heterocycles. The molecular weight excluding hydrogens is 381 g/mol. The number of halogens is 1. The fourth-order valence-corrected chi connectivity index (χ4v) is 4.33. The Morgan fingerprint density at radius 1 is 1.27 bits per heavy atom. The minimum absolute atomic E-state index is 0.0429. The normalized spacial score (nSPS) is 19.5. The molecule has 0 spiro atoms. The average molecular weight is 412 g/mol. The van der Waals surface area contributed by atoms with E-state index in [1.807, 2.05) is 15.7 Å². The monoisotopic (exact) mass is 411 g/mol. The molecule has 1 aromatic heterocycles. The SMILES string of the molecule is C=CCn1nc(C(=O)N2CCN(C)CC2)c2c1CCC(NCc1ccc(F)cc1)C2. The zero-order valence-corrected chi connectivity index (χ0v) is 17.6. The average Bonchev–Trinajstić information content (AvgIpc) is 3.11. The standard InChI is InChI=1S/C23H30FN5O/c1-3-10-29-21-9-8-19(25-16-17-4-6-18(24)7-5-17)15-20(21)22(26-29)23(30)28-13-11-27(2)12-14-28/h3-7,19,25H,1,8-16H2,2H3. The summed E-state index contributed by atoms with van der Waals surface area (Å²) in [6.45, 7) is 8.41. The van der Waals surface area contributed by atoms with Gasteiger partial charge in [-0.1, -0.05) is 18.2 Å². The number of rotatable bonds is 6. The van der Waals surface area contributed by atoms with E-state index >= 15 is 0 Å². The smallest absolute Gasteiger partial charge is 0.274 e. The summed E-state index contributed by atoms with van der Waals surface area (Å²) in [5.74, 6) is -0.177. The first-order chi connectivity index (χ1) is 14.5. The molecule has 2 aromatic rings. The van der Waals surface area contributed by atoms with Gasteiger partial charge >= 0.3 is 0 Å². The molecular formula is C23H30FN5O. The fraction of sp³-hybridized carbons (Fsp3) is 0.478. The van der Waals surface area contributed by atoms with E-state index in [9.17, 15) is 9.18 Å². The molecule has 2 heterocycles. The minimum Gasteiger partial charge on any atom is -0.335 e. The van der Waals surface area contributed by atoms with Gasteiger partial charge in [0.2, 0.25) is 0 Å². The topological polar surface area (TPSA) is 53.4 Å². The molecule has 30 heavy (non-hydrogen) atoms. The number of piperazine rings is 1. The van der Waals surface area contributed by atoms with Crippen LogP contribution in [0.25, 0.3) is 0 Å². The number of aromatic nitrogens is 2.